The first-order chi connectivity index (χ1) is 12.4. The lowest BCUT2D eigenvalue weighted by Crippen LogP contribution is -2.27. The Bertz CT molecular complexity index is 800. The molecular weight excluding hydrogens is 354 g/mol. The number of hydrogen-bond acceptors (Lipinski definition) is 4. The Kier molecular flexibility index (Phi) is 6.74. The van der Waals surface area contributed by atoms with E-state index in [1.807, 2.05) is 12.1 Å². The van der Waals surface area contributed by atoms with Crippen LogP contribution in [-0.2, 0) is 4.79 Å². The van der Waals surface area contributed by atoms with Crippen LogP contribution >= 0.6 is 11.6 Å². The molecule has 7 heteroatoms. The van der Waals surface area contributed by atoms with Crippen LogP contribution in [0.5, 0.6) is 5.75 Å². The fourth-order valence-corrected chi connectivity index (χ4v) is 2.06. The van der Waals surface area contributed by atoms with Gasteiger partial charge in [0.25, 0.3) is 11.8 Å². The van der Waals surface area contributed by atoms with E-state index in [1.54, 1.807) is 57.4 Å². The second-order valence-corrected chi connectivity index (χ2v) is 6.18. The van der Waals surface area contributed by atoms with Crippen LogP contribution in [0.15, 0.2) is 53.6 Å². The molecule has 0 saturated heterocycles. The SMILES string of the molecule is C/C(=N\NC(=O)c1ccc(Cl)cc1)c1ccc(OCC(=O)N(C)C)cc1. The van der Waals surface area contributed by atoms with Gasteiger partial charge >= 0.3 is 0 Å². The van der Waals surface area contributed by atoms with Crippen LogP contribution in [0.1, 0.15) is 22.8 Å². The Morgan fingerprint density at radius 3 is 2.19 bits per heavy atom. The molecule has 0 aliphatic carbocycles. The number of halogens is 1. The highest BCUT2D eigenvalue weighted by Gasteiger charge is 2.07. The van der Waals surface area contributed by atoms with Crippen molar-refractivity contribution in [3.8, 4) is 5.75 Å². The topological polar surface area (TPSA) is 71.0 Å². The summed E-state index contributed by atoms with van der Waals surface area (Å²) in [7, 11) is 3.35. The van der Waals surface area contributed by atoms with E-state index < -0.39 is 0 Å². The van der Waals surface area contributed by atoms with E-state index in [4.69, 9.17) is 16.3 Å². The minimum absolute atomic E-state index is 0.0173. The molecule has 0 fully saturated rings. The van der Waals surface area contributed by atoms with E-state index in [0.717, 1.165) is 5.56 Å². The van der Waals surface area contributed by atoms with Crippen LogP contribution in [0.4, 0.5) is 0 Å². The number of ether oxygens (including phenoxy) is 1. The normalized spacial score (nSPS) is 11.0. The van der Waals surface area contributed by atoms with Crippen LogP contribution in [-0.4, -0.2) is 43.1 Å². The summed E-state index contributed by atoms with van der Waals surface area (Å²) in [5.74, 6) is 0.154. The van der Waals surface area contributed by atoms with Crippen molar-refractivity contribution >= 4 is 29.1 Å². The van der Waals surface area contributed by atoms with Gasteiger partial charge in [0.1, 0.15) is 5.75 Å². The van der Waals surface area contributed by atoms with Crippen LogP contribution in [0.2, 0.25) is 5.02 Å². The van der Waals surface area contributed by atoms with Crippen LogP contribution in [0.25, 0.3) is 0 Å². The van der Waals surface area contributed by atoms with Crippen LogP contribution in [0.3, 0.4) is 0 Å². The first kappa shape index (κ1) is 19.5. The molecule has 26 heavy (non-hydrogen) atoms. The standard InChI is InChI=1S/C19H20ClN3O3/c1-13(21-22-19(25)15-4-8-16(20)9-5-15)14-6-10-17(11-7-14)26-12-18(24)23(2)3/h4-11H,12H2,1-3H3,(H,22,25)/b21-13+. The summed E-state index contributed by atoms with van der Waals surface area (Å²) in [6.07, 6.45) is 0. The molecule has 0 saturated carbocycles. The predicted octanol–water partition coefficient (Wildman–Crippen LogP) is 2.96. The molecule has 2 rings (SSSR count). The molecule has 1 N–H and O–H groups in total. The minimum atomic E-state index is -0.317. The van der Waals surface area contributed by atoms with Crippen molar-refractivity contribution in [2.45, 2.75) is 6.92 Å². The van der Waals surface area contributed by atoms with E-state index in [1.165, 1.54) is 4.90 Å². The molecule has 0 radical (unpaired) electrons. The van der Waals surface area contributed by atoms with Gasteiger partial charge in [0.05, 0.1) is 5.71 Å². The second kappa shape index (κ2) is 9.01. The summed E-state index contributed by atoms with van der Waals surface area (Å²) in [5.41, 5.74) is 4.45. The van der Waals surface area contributed by atoms with Crippen molar-refractivity contribution in [2.75, 3.05) is 20.7 Å². The number of carbonyl (C=O) groups is 2. The molecule has 0 aromatic heterocycles. The van der Waals surface area contributed by atoms with Gasteiger partial charge in [0, 0.05) is 24.7 Å². The molecule has 2 aromatic rings. The van der Waals surface area contributed by atoms with Gasteiger partial charge in [0.2, 0.25) is 0 Å². The van der Waals surface area contributed by atoms with E-state index in [2.05, 4.69) is 10.5 Å². The first-order valence-electron chi connectivity index (χ1n) is 7.90. The molecular formula is C19H20ClN3O3. The van der Waals surface area contributed by atoms with Gasteiger partial charge in [-0.2, -0.15) is 5.10 Å². The number of benzene rings is 2. The molecule has 0 unspecified atom stereocenters. The van der Waals surface area contributed by atoms with Gasteiger partial charge in [-0.25, -0.2) is 5.43 Å². The van der Waals surface area contributed by atoms with E-state index in [0.29, 0.717) is 22.0 Å². The largest absolute Gasteiger partial charge is 0.484 e. The molecule has 2 aromatic carbocycles. The van der Waals surface area contributed by atoms with E-state index >= 15 is 0 Å². The van der Waals surface area contributed by atoms with Gasteiger partial charge in [-0.3, -0.25) is 9.59 Å². The molecule has 0 heterocycles. The Hall–Kier alpha value is -2.86. The smallest absolute Gasteiger partial charge is 0.271 e. The Labute approximate surface area is 157 Å². The van der Waals surface area contributed by atoms with Crippen molar-refractivity contribution < 1.29 is 14.3 Å². The van der Waals surface area contributed by atoms with Crippen LogP contribution < -0.4 is 10.2 Å². The fraction of sp³-hybridized carbons (Fsp3) is 0.211. The fourth-order valence-electron chi connectivity index (χ4n) is 1.93. The van der Waals surface area contributed by atoms with Gasteiger partial charge in [-0.05, 0) is 61.0 Å². The molecule has 0 bridgehead atoms. The second-order valence-electron chi connectivity index (χ2n) is 5.75. The quantitative estimate of drug-likeness (QED) is 0.625. The maximum absolute atomic E-state index is 12.0. The monoisotopic (exact) mass is 373 g/mol. The Balaban J connectivity index is 1.95. The average Bonchev–Trinajstić information content (AvgIpc) is 2.64. The van der Waals surface area contributed by atoms with Crippen molar-refractivity contribution in [3.05, 3.63) is 64.7 Å². The molecule has 0 aliphatic rings. The highest BCUT2D eigenvalue weighted by molar-refractivity contribution is 6.30. The van der Waals surface area contributed by atoms with Gasteiger partial charge < -0.3 is 9.64 Å². The Morgan fingerprint density at radius 2 is 1.62 bits per heavy atom. The maximum Gasteiger partial charge on any atom is 0.271 e. The zero-order valence-corrected chi connectivity index (χ0v) is 15.6. The number of amides is 2. The van der Waals surface area contributed by atoms with E-state index in [9.17, 15) is 9.59 Å². The summed E-state index contributed by atoms with van der Waals surface area (Å²) in [6, 6.07) is 13.7. The summed E-state index contributed by atoms with van der Waals surface area (Å²) in [4.78, 5) is 25.0. The third-order valence-corrected chi connectivity index (χ3v) is 3.82. The number of likely N-dealkylation sites (N-methyl/N-ethyl adjacent to an activating group) is 1. The molecule has 6 nitrogen and oxygen atoms in total. The molecule has 0 atom stereocenters. The molecule has 2 amide bonds. The number of hydrogen-bond donors (Lipinski definition) is 1. The van der Waals surface area contributed by atoms with Crippen LogP contribution in [0, 0.1) is 0 Å². The molecule has 0 aliphatic heterocycles. The highest BCUT2D eigenvalue weighted by Crippen LogP contribution is 2.13. The average molecular weight is 374 g/mol. The summed E-state index contributed by atoms with van der Waals surface area (Å²) < 4.78 is 5.42. The van der Waals surface area contributed by atoms with E-state index in [-0.39, 0.29) is 18.4 Å². The number of carbonyl (C=O) groups excluding carboxylic acids is 2. The lowest BCUT2D eigenvalue weighted by molar-refractivity contribution is -0.130. The third kappa shape index (κ3) is 5.60. The van der Waals surface area contributed by atoms with Gasteiger partial charge in [0.15, 0.2) is 6.61 Å². The first-order valence-corrected chi connectivity index (χ1v) is 8.28. The van der Waals surface area contributed by atoms with Crippen molar-refractivity contribution in [1.82, 2.24) is 10.3 Å². The maximum atomic E-state index is 12.0. The molecule has 0 spiro atoms. The number of rotatable bonds is 6. The van der Waals surface area contributed by atoms with Gasteiger partial charge in [-0.1, -0.05) is 11.6 Å². The van der Waals surface area contributed by atoms with Crippen molar-refractivity contribution in [1.29, 1.82) is 0 Å². The zero-order valence-electron chi connectivity index (χ0n) is 14.8. The minimum Gasteiger partial charge on any atom is -0.484 e. The lowest BCUT2D eigenvalue weighted by atomic mass is 10.1. The summed E-state index contributed by atoms with van der Waals surface area (Å²) >= 11 is 5.80. The van der Waals surface area contributed by atoms with Crippen molar-refractivity contribution in [3.63, 3.8) is 0 Å². The summed E-state index contributed by atoms with van der Waals surface area (Å²) in [6.45, 7) is 1.77. The molecule has 136 valence electrons. The highest BCUT2D eigenvalue weighted by atomic mass is 35.5. The third-order valence-electron chi connectivity index (χ3n) is 3.56. The lowest BCUT2D eigenvalue weighted by Gasteiger charge is -2.11. The number of hydrazone groups is 1. The summed E-state index contributed by atoms with van der Waals surface area (Å²) in [5, 5.41) is 4.67. The predicted molar refractivity (Wildman–Crippen MR) is 102 cm³/mol. The number of nitrogens with one attached hydrogen (secondary N) is 1. The zero-order chi connectivity index (χ0) is 19.1. The van der Waals surface area contributed by atoms with Gasteiger partial charge in [-0.15, -0.1) is 0 Å². The Morgan fingerprint density at radius 1 is 1.04 bits per heavy atom. The number of nitrogens with zero attached hydrogens (tertiary/aromatic N) is 2. The van der Waals surface area contributed by atoms with Crippen molar-refractivity contribution in [2.24, 2.45) is 5.10 Å².